The fourth-order valence-electron chi connectivity index (χ4n) is 2.53. The van der Waals surface area contributed by atoms with Gasteiger partial charge < -0.3 is 9.84 Å². The summed E-state index contributed by atoms with van der Waals surface area (Å²) in [5.41, 5.74) is 2.79. The molecule has 0 aromatic heterocycles. The molecule has 1 aromatic rings. The number of ether oxygens (including phenoxy) is 1. The molecule has 1 unspecified atom stereocenters. The minimum absolute atomic E-state index is 0.270. The largest absolute Gasteiger partial charge is 0.507 e. The van der Waals surface area contributed by atoms with Gasteiger partial charge in [0.15, 0.2) is 0 Å². The average Bonchev–Trinajstić information content (AvgIpc) is 2.37. The summed E-state index contributed by atoms with van der Waals surface area (Å²) in [7, 11) is 0. The monoisotopic (exact) mass is 284 g/mol. The summed E-state index contributed by atoms with van der Waals surface area (Å²) < 4.78 is 6.16. The van der Waals surface area contributed by atoms with Gasteiger partial charge in [0, 0.05) is 0 Å². The Morgan fingerprint density at radius 3 is 2.81 bits per heavy atom. The number of phenolic OH excluding ortho intramolecular Hbond substituents is 1. The van der Waals surface area contributed by atoms with Crippen LogP contribution in [-0.4, -0.2) is 10.7 Å². The van der Waals surface area contributed by atoms with E-state index in [2.05, 4.69) is 33.4 Å². The van der Waals surface area contributed by atoms with Crippen molar-refractivity contribution in [2.45, 2.75) is 45.6 Å². The highest BCUT2D eigenvalue weighted by molar-refractivity contribution is 5.67. The van der Waals surface area contributed by atoms with E-state index in [9.17, 15) is 5.11 Å². The molecule has 0 saturated heterocycles. The molecule has 1 aliphatic heterocycles. The maximum absolute atomic E-state index is 10.1. The standard InChI is InChI=1S/C19H24O2/c1-5-7-15-12-17(20)16-9-11-19(4,21-18(16)13-15)10-6-8-14(2)3/h5,8-9,11-13,20H,1,6-7,10H2,2-4H3. The lowest BCUT2D eigenvalue weighted by atomic mass is 9.93. The van der Waals surface area contributed by atoms with E-state index in [1.54, 1.807) is 6.07 Å². The lowest BCUT2D eigenvalue weighted by Gasteiger charge is -2.32. The highest BCUT2D eigenvalue weighted by Crippen LogP contribution is 2.39. The zero-order chi connectivity index (χ0) is 15.5. The third kappa shape index (κ3) is 3.78. The smallest absolute Gasteiger partial charge is 0.131 e. The molecule has 0 spiro atoms. The Morgan fingerprint density at radius 2 is 2.14 bits per heavy atom. The fourth-order valence-corrected chi connectivity index (χ4v) is 2.53. The molecule has 1 atom stereocenters. The van der Waals surface area contributed by atoms with E-state index >= 15 is 0 Å². The maximum Gasteiger partial charge on any atom is 0.131 e. The number of phenols is 1. The van der Waals surface area contributed by atoms with Gasteiger partial charge in [0.05, 0.1) is 5.56 Å². The molecule has 1 aromatic carbocycles. The normalized spacial score (nSPS) is 19.6. The zero-order valence-electron chi connectivity index (χ0n) is 13.1. The number of aromatic hydroxyl groups is 1. The van der Waals surface area contributed by atoms with E-state index in [-0.39, 0.29) is 11.4 Å². The number of benzene rings is 1. The summed E-state index contributed by atoms with van der Waals surface area (Å²) in [4.78, 5) is 0. The van der Waals surface area contributed by atoms with Gasteiger partial charge in [-0.25, -0.2) is 0 Å². The van der Waals surface area contributed by atoms with Crippen molar-refractivity contribution in [1.29, 1.82) is 0 Å². The molecular weight excluding hydrogens is 260 g/mol. The molecule has 0 fully saturated rings. The maximum atomic E-state index is 10.1. The molecule has 0 bridgehead atoms. The summed E-state index contributed by atoms with van der Waals surface area (Å²) in [6.07, 6.45) is 10.7. The minimum atomic E-state index is -0.321. The van der Waals surface area contributed by atoms with Crippen molar-refractivity contribution in [1.82, 2.24) is 0 Å². The molecule has 2 heteroatoms. The highest BCUT2D eigenvalue weighted by atomic mass is 16.5. The lowest BCUT2D eigenvalue weighted by Crippen LogP contribution is -2.31. The van der Waals surface area contributed by atoms with Gasteiger partial charge in [-0.05, 0) is 69.9 Å². The number of hydrogen-bond acceptors (Lipinski definition) is 2. The number of allylic oxidation sites excluding steroid dienone is 3. The summed E-state index contributed by atoms with van der Waals surface area (Å²) in [5.74, 6) is 1.03. The van der Waals surface area contributed by atoms with Crippen molar-refractivity contribution >= 4 is 6.08 Å². The van der Waals surface area contributed by atoms with Crippen LogP contribution in [0, 0.1) is 0 Å². The summed E-state index contributed by atoms with van der Waals surface area (Å²) in [6, 6.07) is 3.78. The van der Waals surface area contributed by atoms with Crippen LogP contribution < -0.4 is 4.74 Å². The van der Waals surface area contributed by atoms with E-state index in [0.29, 0.717) is 0 Å². The van der Waals surface area contributed by atoms with Crippen LogP contribution in [0.4, 0.5) is 0 Å². The number of fused-ring (bicyclic) bond motifs is 1. The van der Waals surface area contributed by atoms with E-state index < -0.39 is 0 Å². The molecule has 2 nitrogen and oxygen atoms in total. The third-order valence-corrected chi connectivity index (χ3v) is 3.70. The van der Waals surface area contributed by atoms with Crippen molar-refractivity contribution in [3.63, 3.8) is 0 Å². The number of rotatable bonds is 5. The molecule has 0 saturated carbocycles. The van der Waals surface area contributed by atoms with E-state index in [1.165, 1.54) is 5.57 Å². The van der Waals surface area contributed by atoms with Crippen LogP contribution in [0.1, 0.15) is 44.7 Å². The van der Waals surface area contributed by atoms with Gasteiger partial charge in [0.1, 0.15) is 17.1 Å². The fraction of sp³-hybridized carbons (Fsp3) is 0.368. The van der Waals surface area contributed by atoms with Crippen molar-refractivity contribution in [2.24, 2.45) is 0 Å². The molecule has 1 heterocycles. The van der Waals surface area contributed by atoms with Crippen LogP contribution in [0.3, 0.4) is 0 Å². The SMILES string of the molecule is C=CCc1cc(O)c2c(c1)OC(C)(CCC=C(C)C)C=C2. The quantitative estimate of drug-likeness (QED) is 0.768. The van der Waals surface area contributed by atoms with Crippen LogP contribution in [0.15, 0.2) is 42.5 Å². The van der Waals surface area contributed by atoms with Crippen molar-refractivity contribution in [2.75, 3.05) is 0 Å². The summed E-state index contributed by atoms with van der Waals surface area (Å²) >= 11 is 0. The van der Waals surface area contributed by atoms with E-state index in [0.717, 1.165) is 36.1 Å². The lowest BCUT2D eigenvalue weighted by molar-refractivity contribution is 0.128. The Bertz CT molecular complexity index is 592. The van der Waals surface area contributed by atoms with Crippen molar-refractivity contribution < 1.29 is 9.84 Å². The van der Waals surface area contributed by atoms with Crippen molar-refractivity contribution in [3.8, 4) is 11.5 Å². The number of hydrogen-bond donors (Lipinski definition) is 1. The molecule has 112 valence electrons. The van der Waals surface area contributed by atoms with Crippen LogP contribution in [-0.2, 0) is 6.42 Å². The molecule has 2 rings (SSSR count). The van der Waals surface area contributed by atoms with Gasteiger partial charge in [-0.3, -0.25) is 0 Å². The Balaban J connectivity index is 2.22. The van der Waals surface area contributed by atoms with Crippen molar-refractivity contribution in [3.05, 3.63) is 53.6 Å². The van der Waals surface area contributed by atoms with Gasteiger partial charge in [0.2, 0.25) is 0 Å². The predicted molar refractivity (Wildman–Crippen MR) is 88.7 cm³/mol. The van der Waals surface area contributed by atoms with Crippen LogP contribution in [0.5, 0.6) is 11.5 Å². The highest BCUT2D eigenvalue weighted by Gasteiger charge is 2.28. The topological polar surface area (TPSA) is 29.5 Å². The van der Waals surface area contributed by atoms with Gasteiger partial charge in [-0.1, -0.05) is 17.7 Å². The molecule has 21 heavy (non-hydrogen) atoms. The minimum Gasteiger partial charge on any atom is -0.507 e. The first-order chi connectivity index (χ1) is 9.93. The van der Waals surface area contributed by atoms with Crippen LogP contribution in [0.2, 0.25) is 0 Å². The third-order valence-electron chi connectivity index (χ3n) is 3.70. The molecule has 0 amide bonds. The zero-order valence-corrected chi connectivity index (χ0v) is 13.1. The molecule has 1 N–H and O–H groups in total. The van der Waals surface area contributed by atoms with Gasteiger partial charge in [-0.2, -0.15) is 0 Å². The van der Waals surface area contributed by atoms with E-state index in [4.69, 9.17) is 4.74 Å². The summed E-state index contributed by atoms with van der Waals surface area (Å²) in [5, 5.41) is 10.1. The second-order valence-corrected chi connectivity index (χ2v) is 6.09. The van der Waals surface area contributed by atoms with Gasteiger partial charge in [0.25, 0.3) is 0 Å². The first-order valence-corrected chi connectivity index (χ1v) is 7.42. The van der Waals surface area contributed by atoms with Gasteiger partial charge in [-0.15, -0.1) is 6.58 Å². The molecular formula is C19H24O2. The van der Waals surface area contributed by atoms with Crippen LogP contribution >= 0.6 is 0 Å². The Hall–Kier alpha value is -1.96. The Labute approximate surface area is 127 Å². The Morgan fingerprint density at radius 1 is 1.38 bits per heavy atom. The molecule has 1 aliphatic rings. The second-order valence-electron chi connectivity index (χ2n) is 6.09. The predicted octanol–water partition coefficient (Wildman–Crippen LogP) is 5.03. The second kappa shape index (κ2) is 6.21. The Kier molecular flexibility index (Phi) is 4.56. The molecule has 0 aliphatic carbocycles. The van der Waals surface area contributed by atoms with E-state index in [1.807, 2.05) is 24.3 Å². The first-order valence-electron chi connectivity index (χ1n) is 7.42. The summed E-state index contributed by atoms with van der Waals surface area (Å²) in [6.45, 7) is 10.0. The van der Waals surface area contributed by atoms with Gasteiger partial charge >= 0.3 is 0 Å². The average molecular weight is 284 g/mol. The first kappa shape index (κ1) is 15.4. The van der Waals surface area contributed by atoms with Crippen LogP contribution in [0.25, 0.3) is 6.08 Å². The molecule has 0 radical (unpaired) electrons.